The Morgan fingerprint density at radius 1 is 1.44 bits per heavy atom. The Hall–Kier alpha value is -1.38. The van der Waals surface area contributed by atoms with Crippen molar-refractivity contribution in [3.63, 3.8) is 0 Å². The molecule has 1 N–H and O–H groups in total. The first-order chi connectivity index (χ1) is 7.53. The first kappa shape index (κ1) is 11.1. The topological polar surface area (TPSA) is 42.0 Å². The second-order valence-corrected chi connectivity index (χ2v) is 4.87. The predicted molar refractivity (Wildman–Crippen MR) is 63.1 cm³/mol. The van der Waals surface area contributed by atoms with Gasteiger partial charge in [0.25, 0.3) is 0 Å². The molecule has 1 saturated carbocycles. The zero-order chi connectivity index (χ0) is 11.8. The van der Waals surface area contributed by atoms with Gasteiger partial charge in [-0.25, -0.2) is 0 Å². The van der Waals surface area contributed by atoms with Gasteiger partial charge >= 0.3 is 0 Å². The summed E-state index contributed by atoms with van der Waals surface area (Å²) in [6, 6.07) is 6.08. The molecule has 1 amide bonds. The van der Waals surface area contributed by atoms with E-state index in [9.17, 15) is 4.79 Å². The van der Waals surface area contributed by atoms with Crippen LogP contribution < -0.4 is 5.32 Å². The third-order valence-corrected chi connectivity index (χ3v) is 3.02. The molecule has 86 valence electrons. The Labute approximate surface area is 96.3 Å². The molecule has 1 aliphatic carbocycles. The van der Waals surface area contributed by atoms with E-state index in [0.717, 1.165) is 24.2 Å². The van der Waals surface area contributed by atoms with Crippen LogP contribution in [0.25, 0.3) is 0 Å². The number of hydrogen-bond donors (Lipinski definition) is 1. The maximum Gasteiger partial charge on any atom is 0.217 e. The van der Waals surface area contributed by atoms with E-state index in [-0.39, 0.29) is 11.4 Å². The summed E-state index contributed by atoms with van der Waals surface area (Å²) in [6.45, 7) is 5.82. The highest BCUT2D eigenvalue weighted by atomic mass is 16.1. The Kier molecular flexibility index (Phi) is 2.70. The van der Waals surface area contributed by atoms with Crippen molar-refractivity contribution in [1.29, 1.82) is 0 Å². The van der Waals surface area contributed by atoms with E-state index in [1.807, 2.05) is 18.2 Å². The molecule has 0 saturated heterocycles. The van der Waals surface area contributed by atoms with Gasteiger partial charge in [0.15, 0.2) is 0 Å². The molecule has 2 rings (SSSR count). The molecule has 0 spiro atoms. The smallest absolute Gasteiger partial charge is 0.217 e. The van der Waals surface area contributed by atoms with Crippen LogP contribution in [0.5, 0.6) is 0 Å². The molecule has 3 heteroatoms. The minimum Gasteiger partial charge on any atom is -0.345 e. The average molecular weight is 218 g/mol. The molecular weight excluding hydrogens is 200 g/mol. The van der Waals surface area contributed by atoms with Crippen molar-refractivity contribution in [1.82, 2.24) is 10.3 Å². The Morgan fingerprint density at radius 3 is 2.62 bits per heavy atom. The lowest BCUT2D eigenvalue weighted by Crippen LogP contribution is -2.33. The zero-order valence-corrected chi connectivity index (χ0v) is 10.1. The van der Waals surface area contributed by atoms with E-state index in [2.05, 4.69) is 24.1 Å². The molecule has 1 fully saturated rings. The zero-order valence-electron chi connectivity index (χ0n) is 10.1. The van der Waals surface area contributed by atoms with Crippen molar-refractivity contribution < 1.29 is 4.79 Å². The number of hydrogen-bond acceptors (Lipinski definition) is 2. The average Bonchev–Trinajstić information content (AvgIpc) is 2.98. The third-order valence-electron chi connectivity index (χ3n) is 3.02. The highest BCUT2D eigenvalue weighted by Crippen LogP contribution is 2.44. The monoisotopic (exact) mass is 218 g/mol. The molecule has 0 radical (unpaired) electrons. The van der Waals surface area contributed by atoms with Crippen LogP contribution >= 0.6 is 0 Å². The number of pyridine rings is 1. The minimum atomic E-state index is -0.170. The molecule has 0 atom stereocenters. The highest BCUT2D eigenvalue weighted by Gasteiger charge is 2.46. The van der Waals surface area contributed by atoms with Gasteiger partial charge in [-0.2, -0.15) is 0 Å². The summed E-state index contributed by atoms with van der Waals surface area (Å²) in [7, 11) is 0. The maximum atomic E-state index is 11.2. The number of nitrogens with zero attached hydrogens (tertiary/aromatic N) is 1. The largest absolute Gasteiger partial charge is 0.345 e. The lowest BCUT2D eigenvalue weighted by atomic mass is 10.1. The van der Waals surface area contributed by atoms with E-state index in [4.69, 9.17) is 0 Å². The number of rotatable bonds is 3. The molecule has 1 aromatic heterocycles. The summed E-state index contributed by atoms with van der Waals surface area (Å²) in [6.07, 6.45) is 2.00. The molecule has 0 aromatic carbocycles. The number of nitrogens with one attached hydrogen (secondary N) is 1. The van der Waals surface area contributed by atoms with Crippen molar-refractivity contribution in [3.05, 3.63) is 29.6 Å². The first-order valence-electron chi connectivity index (χ1n) is 5.80. The lowest BCUT2D eigenvalue weighted by Gasteiger charge is -2.17. The van der Waals surface area contributed by atoms with Crippen LogP contribution in [0.3, 0.4) is 0 Å². The van der Waals surface area contributed by atoms with E-state index >= 15 is 0 Å². The van der Waals surface area contributed by atoms with Gasteiger partial charge in [-0.15, -0.1) is 0 Å². The van der Waals surface area contributed by atoms with Crippen LogP contribution in [0.2, 0.25) is 0 Å². The summed E-state index contributed by atoms with van der Waals surface area (Å²) in [5.41, 5.74) is 1.93. The van der Waals surface area contributed by atoms with Crippen molar-refractivity contribution in [2.45, 2.75) is 45.1 Å². The molecule has 0 bridgehead atoms. The van der Waals surface area contributed by atoms with Crippen molar-refractivity contribution in [3.8, 4) is 0 Å². The van der Waals surface area contributed by atoms with Gasteiger partial charge in [-0.3, -0.25) is 9.78 Å². The molecule has 1 heterocycles. The molecule has 0 aliphatic heterocycles. The Morgan fingerprint density at radius 2 is 2.12 bits per heavy atom. The standard InChI is InChI=1S/C13H18N2O/c1-9(2)11-5-4-6-12(14-11)13(7-8-13)15-10(3)16/h4-6,9H,7-8H2,1-3H3,(H,15,16). The molecule has 1 aromatic rings. The van der Waals surface area contributed by atoms with Crippen LogP contribution in [-0.2, 0) is 10.3 Å². The number of carbonyl (C=O) groups is 1. The predicted octanol–water partition coefficient (Wildman–Crippen LogP) is 2.33. The van der Waals surface area contributed by atoms with Gasteiger partial charge in [0.2, 0.25) is 5.91 Å². The van der Waals surface area contributed by atoms with Gasteiger partial charge < -0.3 is 5.32 Å². The molecular formula is C13H18N2O. The molecule has 16 heavy (non-hydrogen) atoms. The van der Waals surface area contributed by atoms with E-state index in [1.54, 1.807) is 6.92 Å². The van der Waals surface area contributed by atoms with E-state index in [1.165, 1.54) is 0 Å². The highest BCUT2D eigenvalue weighted by molar-refractivity contribution is 5.74. The van der Waals surface area contributed by atoms with Crippen LogP contribution in [0.1, 0.15) is 50.9 Å². The van der Waals surface area contributed by atoms with Gasteiger partial charge in [-0.05, 0) is 30.9 Å². The Balaban J connectivity index is 2.27. The maximum absolute atomic E-state index is 11.2. The second-order valence-electron chi connectivity index (χ2n) is 4.87. The van der Waals surface area contributed by atoms with E-state index in [0.29, 0.717) is 5.92 Å². The van der Waals surface area contributed by atoms with Gasteiger partial charge in [0.05, 0.1) is 11.2 Å². The van der Waals surface area contributed by atoms with Crippen LogP contribution in [0.15, 0.2) is 18.2 Å². The SMILES string of the molecule is CC(=O)NC1(c2cccc(C(C)C)n2)CC1. The minimum absolute atomic E-state index is 0.0225. The summed E-state index contributed by atoms with van der Waals surface area (Å²) in [5.74, 6) is 0.447. The summed E-state index contributed by atoms with van der Waals surface area (Å²) < 4.78 is 0. The molecule has 3 nitrogen and oxygen atoms in total. The van der Waals surface area contributed by atoms with E-state index < -0.39 is 0 Å². The van der Waals surface area contributed by atoms with Crippen LogP contribution in [-0.4, -0.2) is 10.9 Å². The quantitative estimate of drug-likeness (QED) is 0.846. The summed E-state index contributed by atoms with van der Waals surface area (Å²) in [5, 5.41) is 3.01. The molecule has 0 unspecified atom stereocenters. The number of aromatic nitrogens is 1. The molecule has 1 aliphatic rings. The fraction of sp³-hybridized carbons (Fsp3) is 0.538. The van der Waals surface area contributed by atoms with Crippen LogP contribution in [0.4, 0.5) is 0 Å². The summed E-state index contributed by atoms with van der Waals surface area (Å²) >= 11 is 0. The lowest BCUT2D eigenvalue weighted by molar-refractivity contribution is -0.120. The van der Waals surface area contributed by atoms with Crippen molar-refractivity contribution in [2.75, 3.05) is 0 Å². The first-order valence-corrected chi connectivity index (χ1v) is 5.80. The Bertz CT molecular complexity index is 408. The van der Waals surface area contributed by atoms with Gasteiger partial charge in [0, 0.05) is 12.6 Å². The number of carbonyl (C=O) groups excluding carboxylic acids is 1. The fourth-order valence-electron chi connectivity index (χ4n) is 1.95. The van der Waals surface area contributed by atoms with Crippen molar-refractivity contribution >= 4 is 5.91 Å². The van der Waals surface area contributed by atoms with Crippen molar-refractivity contribution in [2.24, 2.45) is 0 Å². The fourth-order valence-corrected chi connectivity index (χ4v) is 1.95. The van der Waals surface area contributed by atoms with Gasteiger partial charge in [0.1, 0.15) is 0 Å². The van der Waals surface area contributed by atoms with Gasteiger partial charge in [-0.1, -0.05) is 19.9 Å². The normalized spacial score (nSPS) is 17.2. The number of amides is 1. The third kappa shape index (κ3) is 2.08. The second kappa shape index (κ2) is 3.89. The van der Waals surface area contributed by atoms with Crippen LogP contribution in [0, 0.1) is 0 Å². The summed E-state index contributed by atoms with van der Waals surface area (Å²) in [4.78, 5) is 15.8.